The van der Waals surface area contributed by atoms with Gasteiger partial charge < -0.3 is 9.84 Å². The molecule has 0 amide bonds. The molecule has 0 saturated carbocycles. The molecule has 0 bridgehead atoms. The number of hydrogen-bond acceptors (Lipinski definition) is 4. The van der Waals surface area contributed by atoms with Crippen LogP contribution in [0.15, 0.2) is 28.8 Å². The molecule has 1 aromatic heterocycles. The van der Waals surface area contributed by atoms with Gasteiger partial charge in [-0.3, -0.25) is 0 Å². The van der Waals surface area contributed by atoms with E-state index in [9.17, 15) is 0 Å². The molecular weight excluding hydrogens is 341 g/mol. The molecular formula is C13H14IN3O. The lowest BCUT2D eigenvalue weighted by Crippen LogP contribution is -2.27. The Kier molecular flexibility index (Phi) is 3.60. The number of benzene rings is 1. The molecule has 1 N–H and O–H groups in total. The summed E-state index contributed by atoms with van der Waals surface area (Å²) in [6.45, 7) is 1.04. The summed E-state index contributed by atoms with van der Waals surface area (Å²) in [6, 6.07) is 8.35. The maximum absolute atomic E-state index is 5.34. The molecule has 0 radical (unpaired) electrons. The first-order valence-corrected chi connectivity index (χ1v) is 7.24. The van der Waals surface area contributed by atoms with Gasteiger partial charge in [-0.25, -0.2) is 0 Å². The minimum atomic E-state index is 0.250. The molecule has 0 aliphatic carbocycles. The van der Waals surface area contributed by atoms with Gasteiger partial charge in [-0.15, -0.1) is 0 Å². The quantitative estimate of drug-likeness (QED) is 0.841. The topological polar surface area (TPSA) is 51.0 Å². The molecule has 1 aromatic carbocycles. The fourth-order valence-electron chi connectivity index (χ4n) is 2.16. The number of piperidine rings is 1. The van der Waals surface area contributed by atoms with Crippen LogP contribution in [0.25, 0.3) is 11.5 Å². The molecule has 0 spiro atoms. The smallest absolute Gasteiger partial charge is 0.257 e. The van der Waals surface area contributed by atoms with Crippen molar-refractivity contribution in [2.24, 2.45) is 0 Å². The van der Waals surface area contributed by atoms with Crippen LogP contribution >= 0.6 is 22.6 Å². The lowest BCUT2D eigenvalue weighted by molar-refractivity contribution is 0.367. The minimum Gasteiger partial charge on any atom is -0.334 e. The highest BCUT2D eigenvalue weighted by molar-refractivity contribution is 14.1. The van der Waals surface area contributed by atoms with E-state index in [1.165, 1.54) is 16.4 Å². The average Bonchev–Trinajstić information content (AvgIpc) is 2.90. The summed E-state index contributed by atoms with van der Waals surface area (Å²) in [7, 11) is 0. The van der Waals surface area contributed by atoms with E-state index in [1.54, 1.807) is 0 Å². The molecule has 1 saturated heterocycles. The van der Waals surface area contributed by atoms with Crippen LogP contribution < -0.4 is 5.32 Å². The first kappa shape index (κ1) is 12.1. The van der Waals surface area contributed by atoms with Crippen LogP contribution in [0.2, 0.25) is 0 Å². The minimum absolute atomic E-state index is 0.250. The SMILES string of the molecule is Ic1ccc(-c2nc(C3CCCCN3)no2)cc1. The van der Waals surface area contributed by atoms with Crippen molar-refractivity contribution in [3.05, 3.63) is 33.7 Å². The van der Waals surface area contributed by atoms with Crippen molar-refractivity contribution in [2.75, 3.05) is 6.54 Å². The molecule has 2 heterocycles. The van der Waals surface area contributed by atoms with Gasteiger partial charge >= 0.3 is 0 Å². The van der Waals surface area contributed by atoms with E-state index in [2.05, 4.69) is 38.0 Å². The summed E-state index contributed by atoms with van der Waals surface area (Å²) >= 11 is 2.28. The Morgan fingerprint density at radius 2 is 2.06 bits per heavy atom. The Hall–Kier alpha value is -0.950. The highest BCUT2D eigenvalue weighted by Crippen LogP contribution is 2.24. The van der Waals surface area contributed by atoms with Gasteiger partial charge in [0.2, 0.25) is 0 Å². The lowest BCUT2D eigenvalue weighted by atomic mass is 10.0. The molecule has 1 aliphatic rings. The van der Waals surface area contributed by atoms with Crippen molar-refractivity contribution in [1.29, 1.82) is 0 Å². The predicted molar refractivity (Wildman–Crippen MR) is 77.0 cm³/mol. The van der Waals surface area contributed by atoms with Gasteiger partial charge in [0.05, 0.1) is 6.04 Å². The van der Waals surface area contributed by atoms with E-state index in [0.717, 1.165) is 24.4 Å². The molecule has 2 aromatic rings. The first-order chi connectivity index (χ1) is 8.83. The normalized spacial score (nSPS) is 19.9. The second kappa shape index (κ2) is 5.36. The van der Waals surface area contributed by atoms with Gasteiger partial charge in [0, 0.05) is 9.13 Å². The monoisotopic (exact) mass is 355 g/mol. The molecule has 1 aliphatic heterocycles. The van der Waals surface area contributed by atoms with Gasteiger partial charge in [-0.1, -0.05) is 11.6 Å². The van der Waals surface area contributed by atoms with E-state index in [1.807, 2.05) is 24.3 Å². The van der Waals surface area contributed by atoms with Gasteiger partial charge in [0.25, 0.3) is 5.89 Å². The third-order valence-electron chi connectivity index (χ3n) is 3.15. The van der Waals surface area contributed by atoms with E-state index >= 15 is 0 Å². The van der Waals surface area contributed by atoms with E-state index < -0.39 is 0 Å². The highest BCUT2D eigenvalue weighted by atomic mass is 127. The van der Waals surface area contributed by atoms with Gasteiger partial charge in [0.1, 0.15) is 0 Å². The predicted octanol–water partition coefficient (Wildman–Crippen LogP) is 3.16. The molecule has 94 valence electrons. The van der Waals surface area contributed by atoms with Crippen molar-refractivity contribution in [3.8, 4) is 11.5 Å². The maximum Gasteiger partial charge on any atom is 0.257 e. The van der Waals surface area contributed by atoms with Crippen LogP contribution in [0.5, 0.6) is 0 Å². The largest absolute Gasteiger partial charge is 0.334 e. The molecule has 3 rings (SSSR count). The fourth-order valence-corrected chi connectivity index (χ4v) is 2.52. The standard InChI is InChI=1S/C13H14IN3O/c14-10-6-4-9(5-7-10)13-16-12(17-18-13)11-3-1-2-8-15-11/h4-7,11,15H,1-3,8H2. The van der Waals surface area contributed by atoms with Crippen molar-refractivity contribution < 1.29 is 4.52 Å². The lowest BCUT2D eigenvalue weighted by Gasteiger charge is -2.19. The molecule has 1 unspecified atom stereocenters. The Bertz CT molecular complexity index is 517. The van der Waals surface area contributed by atoms with Gasteiger partial charge in [0.15, 0.2) is 5.82 Å². The molecule has 18 heavy (non-hydrogen) atoms. The van der Waals surface area contributed by atoms with Gasteiger partial charge in [-0.05, 0) is 66.2 Å². The van der Waals surface area contributed by atoms with Crippen molar-refractivity contribution >= 4 is 22.6 Å². The summed E-state index contributed by atoms with van der Waals surface area (Å²) in [5.74, 6) is 1.39. The number of aromatic nitrogens is 2. The summed E-state index contributed by atoms with van der Waals surface area (Å²) in [6.07, 6.45) is 3.55. The summed E-state index contributed by atoms with van der Waals surface area (Å²) in [4.78, 5) is 4.49. The number of nitrogens with zero attached hydrogens (tertiary/aromatic N) is 2. The van der Waals surface area contributed by atoms with Crippen LogP contribution in [0.3, 0.4) is 0 Å². The Morgan fingerprint density at radius 3 is 2.78 bits per heavy atom. The zero-order valence-electron chi connectivity index (χ0n) is 9.90. The third-order valence-corrected chi connectivity index (χ3v) is 3.87. The van der Waals surface area contributed by atoms with Gasteiger partial charge in [-0.2, -0.15) is 4.98 Å². The third kappa shape index (κ3) is 2.56. The maximum atomic E-state index is 5.34. The van der Waals surface area contributed by atoms with E-state index in [4.69, 9.17) is 4.52 Å². The van der Waals surface area contributed by atoms with Crippen LogP contribution in [0, 0.1) is 3.57 Å². The summed E-state index contributed by atoms with van der Waals surface area (Å²) in [5.41, 5.74) is 0.977. The zero-order chi connectivity index (χ0) is 12.4. The summed E-state index contributed by atoms with van der Waals surface area (Å²) in [5, 5.41) is 7.51. The molecule has 5 heteroatoms. The second-order valence-corrected chi connectivity index (χ2v) is 5.71. The zero-order valence-corrected chi connectivity index (χ0v) is 12.1. The molecule has 4 nitrogen and oxygen atoms in total. The van der Waals surface area contributed by atoms with E-state index in [0.29, 0.717) is 5.89 Å². The van der Waals surface area contributed by atoms with E-state index in [-0.39, 0.29) is 6.04 Å². The number of halogens is 1. The second-order valence-electron chi connectivity index (χ2n) is 4.47. The van der Waals surface area contributed by atoms with Crippen LogP contribution in [-0.2, 0) is 0 Å². The van der Waals surface area contributed by atoms with Crippen molar-refractivity contribution in [1.82, 2.24) is 15.5 Å². The average molecular weight is 355 g/mol. The Labute approximate surface area is 119 Å². The Balaban J connectivity index is 1.82. The molecule has 1 atom stereocenters. The summed E-state index contributed by atoms with van der Waals surface area (Å²) < 4.78 is 6.54. The number of rotatable bonds is 2. The highest BCUT2D eigenvalue weighted by Gasteiger charge is 2.20. The number of hydrogen-bond donors (Lipinski definition) is 1. The first-order valence-electron chi connectivity index (χ1n) is 6.16. The van der Waals surface area contributed by atoms with Crippen molar-refractivity contribution in [2.45, 2.75) is 25.3 Å². The fraction of sp³-hybridized carbons (Fsp3) is 0.385. The molecule has 1 fully saturated rings. The van der Waals surface area contributed by atoms with Crippen LogP contribution in [-0.4, -0.2) is 16.7 Å². The van der Waals surface area contributed by atoms with Crippen LogP contribution in [0.4, 0.5) is 0 Å². The van der Waals surface area contributed by atoms with Crippen LogP contribution in [0.1, 0.15) is 31.1 Å². The van der Waals surface area contributed by atoms with Crippen molar-refractivity contribution in [3.63, 3.8) is 0 Å². The Morgan fingerprint density at radius 1 is 1.22 bits per heavy atom. The number of nitrogens with one attached hydrogen (secondary N) is 1.